The lowest BCUT2D eigenvalue weighted by Gasteiger charge is -2.10. The zero-order valence-electron chi connectivity index (χ0n) is 11.9. The van der Waals surface area contributed by atoms with Crippen LogP contribution in [0.2, 0.25) is 0 Å². The molecule has 2 atom stereocenters. The van der Waals surface area contributed by atoms with E-state index in [4.69, 9.17) is 0 Å². The van der Waals surface area contributed by atoms with Crippen molar-refractivity contribution >= 4 is 29.9 Å². The predicted molar refractivity (Wildman–Crippen MR) is 89.0 cm³/mol. The van der Waals surface area contributed by atoms with Gasteiger partial charge in [-0.05, 0) is 31.2 Å². The monoisotopic (exact) mass is 377 g/mol. The second-order valence-corrected chi connectivity index (χ2v) is 5.00. The van der Waals surface area contributed by atoms with Crippen LogP contribution in [-0.2, 0) is 13.5 Å². The van der Waals surface area contributed by atoms with Crippen molar-refractivity contribution in [3.8, 4) is 0 Å². The lowest BCUT2D eigenvalue weighted by Crippen LogP contribution is -2.39. The van der Waals surface area contributed by atoms with Gasteiger partial charge in [0.2, 0.25) is 0 Å². The molecule has 0 bridgehead atoms. The number of aromatic nitrogens is 2. The Balaban J connectivity index is 0.00000180. The van der Waals surface area contributed by atoms with Crippen molar-refractivity contribution in [2.75, 3.05) is 13.1 Å². The number of halogens is 1. The topological polar surface area (TPSA) is 54.2 Å². The van der Waals surface area contributed by atoms with Crippen molar-refractivity contribution in [2.24, 2.45) is 18.0 Å². The number of aryl methyl sites for hydroxylation is 1. The molecular formula is C13H24IN5. The van der Waals surface area contributed by atoms with E-state index in [1.54, 1.807) is 0 Å². The van der Waals surface area contributed by atoms with E-state index in [-0.39, 0.29) is 24.0 Å². The summed E-state index contributed by atoms with van der Waals surface area (Å²) in [5.41, 5.74) is 1.23. The molecule has 0 spiro atoms. The van der Waals surface area contributed by atoms with Gasteiger partial charge in [0.05, 0.1) is 6.20 Å². The highest BCUT2D eigenvalue weighted by Gasteiger charge is 2.33. The Hall–Kier alpha value is -0.790. The maximum absolute atomic E-state index is 4.59. The maximum Gasteiger partial charge on any atom is 0.191 e. The number of guanidine groups is 1. The number of hydrogen-bond acceptors (Lipinski definition) is 2. The van der Waals surface area contributed by atoms with Crippen molar-refractivity contribution in [3.05, 3.63) is 18.0 Å². The van der Waals surface area contributed by atoms with Gasteiger partial charge >= 0.3 is 0 Å². The van der Waals surface area contributed by atoms with Crippen LogP contribution in [0, 0.1) is 5.92 Å². The van der Waals surface area contributed by atoms with Crippen molar-refractivity contribution < 1.29 is 0 Å². The highest BCUT2D eigenvalue weighted by atomic mass is 127. The van der Waals surface area contributed by atoms with Crippen molar-refractivity contribution in [2.45, 2.75) is 32.7 Å². The first kappa shape index (κ1) is 16.3. The number of rotatable bonds is 5. The van der Waals surface area contributed by atoms with E-state index in [0.29, 0.717) is 6.04 Å². The Morgan fingerprint density at radius 3 is 2.84 bits per heavy atom. The van der Waals surface area contributed by atoms with Gasteiger partial charge < -0.3 is 10.6 Å². The molecule has 1 aromatic rings. The number of nitrogens with one attached hydrogen (secondary N) is 2. The Labute approximate surface area is 132 Å². The first-order chi connectivity index (χ1) is 8.69. The molecule has 2 N–H and O–H groups in total. The fourth-order valence-electron chi connectivity index (χ4n) is 1.92. The Morgan fingerprint density at radius 2 is 2.32 bits per heavy atom. The summed E-state index contributed by atoms with van der Waals surface area (Å²) in [4.78, 5) is 4.59. The normalized spacial score (nSPS) is 21.7. The van der Waals surface area contributed by atoms with E-state index in [1.807, 2.05) is 24.1 Å². The molecule has 0 radical (unpaired) electrons. The minimum Gasteiger partial charge on any atom is -0.357 e. The van der Waals surface area contributed by atoms with Crippen LogP contribution < -0.4 is 10.6 Å². The summed E-state index contributed by atoms with van der Waals surface area (Å²) in [6.45, 7) is 6.05. The van der Waals surface area contributed by atoms with Crippen LogP contribution in [0.5, 0.6) is 0 Å². The highest BCUT2D eigenvalue weighted by molar-refractivity contribution is 14.0. The van der Waals surface area contributed by atoms with Crippen LogP contribution in [0.4, 0.5) is 0 Å². The van der Waals surface area contributed by atoms with Gasteiger partial charge in [0.15, 0.2) is 5.96 Å². The summed E-state index contributed by atoms with van der Waals surface area (Å²) in [5.74, 6) is 1.72. The number of aliphatic imine (C=N–C) groups is 1. The van der Waals surface area contributed by atoms with Gasteiger partial charge in [-0.15, -0.1) is 24.0 Å². The van der Waals surface area contributed by atoms with E-state index in [2.05, 4.69) is 34.6 Å². The van der Waals surface area contributed by atoms with Gasteiger partial charge in [-0.25, -0.2) is 0 Å². The van der Waals surface area contributed by atoms with Crippen LogP contribution in [0.25, 0.3) is 0 Å². The number of nitrogens with zero attached hydrogens (tertiary/aromatic N) is 3. The predicted octanol–water partition coefficient (Wildman–Crippen LogP) is 1.54. The molecule has 1 aliphatic carbocycles. The van der Waals surface area contributed by atoms with Crippen LogP contribution in [0.1, 0.15) is 25.8 Å². The summed E-state index contributed by atoms with van der Waals surface area (Å²) >= 11 is 0. The molecule has 1 aliphatic rings. The molecule has 1 fully saturated rings. The van der Waals surface area contributed by atoms with Crippen LogP contribution in [0.15, 0.2) is 17.4 Å². The molecule has 6 heteroatoms. The lowest BCUT2D eigenvalue weighted by molar-refractivity contribution is 0.762. The fourth-order valence-corrected chi connectivity index (χ4v) is 1.92. The molecule has 1 saturated carbocycles. The lowest BCUT2D eigenvalue weighted by atomic mass is 10.3. The molecule has 2 unspecified atom stereocenters. The van der Waals surface area contributed by atoms with E-state index >= 15 is 0 Å². The van der Waals surface area contributed by atoms with Crippen molar-refractivity contribution in [1.29, 1.82) is 0 Å². The van der Waals surface area contributed by atoms with Gasteiger partial charge in [0.25, 0.3) is 0 Å². The third-order valence-corrected chi connectivity index (χ3v) is 3.20. The standard InChI is InChI=1S/C13H23N5.HI/c1-4-14-13(17-12-7-10(12)2)15-6-5-11-8-16-18(3)9-11;/h8-10,12H,4-7H2,1-3H3,(H2,14,15,17);1H. The van der Waals surface area contributed by atoms with Crippen LogP contribution in [-0.4, -0.2) is 34.9 Å². The quantitative estimate of drug-likeness (QED) is 0.465. The van der Waals surface area contributed by atoms with E-state index in [1.165, 1.54) is 12.0 Å². The maximum atomic E-state index is 4.59. The fraction of sp³-hybridized carbons (Fsp3) is 0.692. The van der Waals surface area contributed by atoms with E-state index in [0.717, 1.165) is 31.4 Å². The third-order valence-electron chi connectivity index (χ3n) is 3.20. The van der Waals surface area contributed by atoms with Gasteiger partial charge in [0.1, 0.15) is 0 Å². The molecule has 1 aromatic heterocycles. The zero-order chi connectivity index (χ0) is 13.0. The molecule has 1 heterocycles. The molecule has 5 nitrogen and oxygen atoms in total. The first-order valence-corrected chi connectivity index (χ1v) is 6.71. The molecular weight excluding hydrogens is 353 g/mol. The molecule has 19 heavy (non-hydrogen) atoms. The van der Waals surface area contributed by atoms with E-state index < -0.39 is 0 Å². The summed E-state index contributed by atoms with van der Waals surface area (Å²) in [6, 6.07) is 0.612. The smallest absolute Gasteiger partial charge is 0.191 e. The van der Waals surface area contributed by atoms with Gasteiger partial charge in [-0.1, -0.05) is 6.92 Å². The van der Waals surface area contributed by atoms with Gasteiger partial charge in [-0.2, -0.15) is 5.10 Å². The van der Waals surface area contributed by atoms with E-state index in [9.17, 15) is 0 Å². The minimum absolute atomic E-state index is 0. The van der Waals surface area contributed by atoms with Crippen LogP contribution in [0.3, 0.4) is 0 Å². The van der Waals surface area contributed by atoms with Gasteiger partial charge in [0, 0.05) is 32.4 Å². The number of hydrogen-bond donors (Lipinski definition) is 2. The Morgan fingerprint density at radius 1 is 1.58 bits per heavy atom. The molecule has 0 amide bonds. The second-order valence-electron chi connectivity index (χ2n) is 5.00. The molecule has 0 saturated heterocycles. The SMILES string of the molecule is CCNC(=NCCc1cnn(C)c1)NC1CC1C.I. The van der Waals surface area contributed by atoms with Crippen LogP contribution >= 0.6 is 24.0 Å². The average Bonchev–Trinajstić information content (AvgIpc) is 2.85. The molecule has 0 aromatic carbocycles. The van der Waals surface area contributed by atoms with Crippen molar-refractivity contribution in [1.82, 2.24) is 20.4 Å². The summed E-state index contributed by atoms with van der Waals surface area (Å²) in [7, 11) is 1.94. The molecule has 108 valence electrons. The molecule has 2 rings (SSSR count). The highest BCUT2D eigenvalue weighted by Crippen LogP contribution is 2.28. The summed E-state index contributed by atoms with van der Waals surface area (Å²) in [5, 5.41) is 10.9. The molecule has 0 aliphatic heterocycles. The van der Waals surface area contributed by atoms with Gasteiger partial charge in [-0.3, -0.25) is 9.67 Å². The largest absolute Gasteiger partial charge is 0.357 e. The zero-order valence-corrected chi connectivity index (χ0v) is 14.2. The summed E-state index contributed by atoms with van der Waals surface area (Å²) < 4.78 is 1.83. The Kier molecular flexibility index (Phi) is 6.60. The third kappa shape index (κ3) is 5.38. The van der Waals surface area contributed by atoms with Crippen molar-refractivity contribution in [3.63, 3.8) is 0 Å². The average molecular weight is 377 g/mol. The second kappa shape index (κ2) is 7.72. The Bertz CT molecular complexity index is 415. The minimum atomic E-state index is 0. The first-order valence-electron chi connectivity index (χ1n) is 6.71. The summed E-state index contributed by atoms with van der Waals surface area (Å²) in [6.07, 6.45) is 6.13.